The first kappa shape index (κ1) is 67.8. The number of carbonyl (C=O) groups is 3. The molecule has 0 heterocycles. The van der Waals surface area contributed by atoms with Crippen molar-refractivity contribution in [2.75, 3.05) is 0 Å². The molecule has 4 nitrogen and oxygen atoms in total. The molecule has 1 unspecified atom stereocenters. The lowest BCUT2D eigenvalue weighted by molar-refractivity contribution is -0.151. The third-order valence-electron chi connectivity index (χ3n) is 21.4. The summed E-state index contributed by atoms with van der Waals surface area (Å²) in [6.07, 6.45) is 67.2. The molecule has 0 N–H and O–H groups in total. The van der Waals surface area contributed by atoms with Gasteiger partial charge in [-0.2, -0.15) is 0 Å². The lowest BCUT2D eigenvalue weighted by Gasteiger charge is -2.58. The lowest BCUT2D eigenvalue weighted by atomic mass is 9.47. The average Bonchev–Trinajstić information content (AvgIpc) is 3.87. The molecule has 0 aromatic carbocycles. The van der Waals surface area contributed by atoms with Gasteiger partial charge in [-0.15, -0.1) is 0 Å². The highest BCUT2D eigenvalue weighted by Crippen LogP contribution is 2.67. The maximum absolute atomic E-state index is 14.1. The number of Topliss-reactive ketones (excluding diaryl/α,β-unsaturated/α-hetero) is 2. The van der Waals surface area contributed by atoms with Gasteiger partial charge in [-0.25, -0.2) is 0 Å². The topological polar surface area (TPSA) is 60.4 Å². The van der Waals surface area contributed by atoms with Crippen molar-refractivity contribution >= 4 is 17.5 Å². The van der Waals surface area contributed by atoms with Crippen molar-refractivity contribution in [3.05, 3.63) is 23.8 Å². The van der Waals surface area contributed by atoms with Gasteiger partial charge in [0, 0.05) is 25.7 Å². The molecule has 4 aliphatic rings. The Morgan fingerprint density at radius 2 is 0.974 bits per heavy atom. The van der Waals surface area contributed by atoms with Crippen LogP contribution in [0.15, 0.2) is 23.8 Å². The fraction of sp³-hybridized carbons (Fsp3) is 0.904. The summed E-state index contributed by atoms with van der Waals surface area (Å²) < 4.78 is 6.21. The van der Waals surface area contributed by atoms with E-state index in [1.54, 1.807) is 5.57 Å². The molecule has 4 rings (SSSR count). The molecule has 0 bridgehead atoms. The fourth-order valence-corrected chi connectivity index (χ4v) is 16.5. The van der Waals surface area contributed by atoms with Crippen molar-refractivity contribution in [3.8, 4) is 0 Å². The molecular weight excluding hydrogens is 941 g/mol. The van der Waals surface area contributed by atoms with E-state index in [1.807, 2.05) is 0 Å². The number of esters is 1. The van der Waals surface area contributed by atoms with Crippen LogP contribution < -0.4 is 0 Å². The molecule has 0 aromatic rings. The summed E-state index contributed by atoms with van der Waals surface area (Å²) in [5.41, 5.74) is 2.27. The van der Waals surface area contributed by atoms with Gasteiger partial charge in [0.2, 0.25) is 0 Å². The van der Waals surface area contributed by atoms with Gasteiger partial charge in [-0.05, 0) is 143 Å². The maximum atomic E-state index is 14.1. The number of allylic oxidation sites excluding steroid dienone is 3. The van der Waals surface area contributed by atoms with Crippen molar-refractivity contribution in [2.24, 2.45) is 52.3 Å². The monoisotopic (exact) mass is 1070 g/mol. The first-order valence-electron chi connectivity index (χ1n) is 35.1. The van der Waals surface area contributed by atoms with Gasteiger partial charge in [0.05, 0.1) is 5.92 Å². The number of fused-ring (bicyclic) bond motifs is 5. The number of rotatable bonds is 48. The van der Waals surface area contributed by atoms with Crippen molar-refractivity contribution in [2.45, 2.75) is 369 Å². The molecular formula is C73H130O4. The maximum Gasteiger partial charge on any atom is 0.306 e. The fourth-order valence-electron chi connectivity index (χ4n) is 16.5. The average molecular weight is 1070 g/mol. The van der Waals surface area contributed by atoms with E-state index in [0.717, 1.165) is 94.3 Å². The van der Waals surface area contributed by atoms with E-state index in [1.165, 1.54) is 225 Å². The van der Waals surface area contributed by atoms with Crippen LogP contribution in [0.3, 0.4) is 0 Å². The highest BCUT2D eigenvalue weighted by atomic mass is 16.5. The summed E-state index contributed by atoms with van der Waals surface area (Å²) in [5, 5.41) is 0. The second-order valence-corrected chi connectivity index (χ2v) is 27.5. The summed E-state index contributed by atoms with van der Waals surface area (Å²) in [6, 6.07) is 0. The van der Waals surface area contributed by atoms with Gasteiger partial charge in [-0.1, -0.05) is 265 Å². The third kappa shape index (κ3) is 24.7. The van der Waals surface area contributed by atoms with Gasteiger partial charge < -0.3 is 4.74 Å². The Kier molecular flexibility index (Phi) is 35.6. The summed E-state index contributed by atoms with van der Waals surface area (Å²) >= 11 is 0. The third-order valence-corrected chi connectivity index (χ3v) is 21.4. The Bertz CT molecular complexity index is 1570. The van der Waals surface area contributed by atoms with Crippen LogP contribution in [0.1, 0.15) is 363 Å². The quantitative estimate of drug-likeness (QED) is 0.0264. The second kappa shape index (κ2) is 40.5. The van der Waals surface area contributed by atoms with Crippen LogP contribution in [0.5, 0.6) is 0 Å². The van der Waals surface area contributed by atoms with Gasteiger partial charge in [-0.3, -0.25) is 14.4 Å². The Morgan fingerprint density at radius 3 is 1.47 bits per heavy atom. The first-order chi connectivity index (χ1) is 37.5. The Morgan fingerprint density at radius 1 is 0.519 bits per heavy atom. The van der Waals surface area contributed by atoms with E-state index in [-0.39, 0.29) is 35.0 Å². The minimum absolute atomic E-state index is 0.0333. The van der Waals surface area contributed by atoms with Crippen LogP contribution in [0.4, 0.5) is 0 Å². The molecule has 0 aromatic heterocycles. The SMILES string of the molecule is CCCCCCCC/C=C\CCCCCCCC(=O)O[C@H]1CC[C@@]2(C)C(=CC[C@H]3[C@@H]4CC[C@H]([C@H](C)CCCC(C)C(C(=O)CCCCCCCCCCCCC)C(=O)CCCCCCCCCCCCC)[C@@]4(C)CC[C@@H]32)C1. The predicted octanol–water partition coefficient (Wildman–Crippen LogP) is 23.1. The van der Waals surface area contributed by atoms with Gasteiger partial charge in [0.25, 0.3) is 0 Å². The zero-order chi connectivity index (χ0) is 55.4. The Labute approximate surface area is 479 Å². The van der Waals surface area contributed by atoms with Crippen LogP contribution in [0.2, 0.25) is 0 Å². The molecule has 77 heavy (non-hydrogen) atoms. The number of ketones is 2. The zero-order valence-corrected chi connectivity index (χ0v) is 52.6. The van der Waals surface area contributed by atoms with Crippen LogP contribution in [0.25, 0.3) is 0 Å². The minimum atomic E-state index is -0.394. The van der Waals surface area contributed by atoms with Gasteiger partial charge in [0.15, 0.2) is 0 Å². The summed E-state index contributed by atoms with van der Waals surface area (Å²) in [6.45, 7) is 17.0. The van der Waals surface area contributed by atoms with E-state index in [0.29, 0.717) is 30.6 Å². The number of ether oxygens (including phenoxy) is 1. The Hall–Kier alpha value is -1.71. The van der Waals surface area contributed by atoms with Crippen LogP contribution >= 0.6 is 0 Å². The molecule has 0 saturated heterocycles. The van der Waals surface area contributed by atoms with E-state index < -0.39 is 5.92 Å². The standard InChI is InChI=1S/C73H130O4/c1-8-11-14-17-20-23-26-27-28-29-32-35-38-41-44-50-70(76)77-63-55-57-72(6)62(59-63)51-52-64-66-54-53-65(73(66,7)58-56-67(64)72)60(4)46-45-47-61(5)71(68(74)48-42-39-36-33-30-24-21-18-15-12-9-2)69(75)49-43-40-37-34-31-25-22-19-16-13-10-3/h27-28,51,60-61,63-67,71H,8-26,29-50,52-59H2,1-7H3/b28-27-/t60-,61?,63+,64+,65-,66+,67+,72+,73-/m1/s1. The van der Waals surface area contributed by atoms with Gasteiger partial charge in [0.1, 0.15) is 17.7 Å². The predicted molar refractivity (Wildman–Crippen MR) is 332 cm³/mol. The molecule has 0 aliphatic heterocycles. The highest BCUT2D eigenvalue weighted by Gasteiger charge is 2.59. The normalized spacial score (nSPS) is 24.9. The molecule has 4 heteroatoms. The van der Waals surface area contributed by atoms with Gasteiger partial charge >= 0.3 is 5.97 Å². The lowest BCUT2D eigenvalue weighted by Crippen LogP contribution is -2.51. The molecule has 3 fully saturated rings. The number of unbranched alkanes of at least 4 members (excludes halogenated alkanes) is 31. The van der Waals surface area contributed by atoms with Crippen molar-refractivity contribution < 1.29 is 19.1 Å². The smallest absolute Gasteiger partial charge is 0.306 e. The summed E-state index contributed by atoms with van der Waals surface area (Å²) in [5.74, 6) is 4.07. The van der Waals surface area contributed by atoms with E-state index in [4.69, 9.17) is 4.74 Å². The van der Waals surface area contributed by atoms with E-state index >= 15 is 0 Å². The second-order valence-electron chi connectivity index (χ2n) is 27.5. The number of carbonyl (C=O) groups excluding carboxylic acids is 3. The molecule has 4 aliphatic carbocycles. The molecule has 0 radical (unpaired) electrons. The van der Waals surface area contributed by atoms with Crippen LogP contribution in [0, 0.1) is 52.3 Å². The molecule has 3 saturated carbocycles. The van der Waals surface area contributed by atoms with Crippen molar-refractivity contribution in [1.29, 1.82) is 0 Å². The highest BCUT2D eigenvalue weighted by molar-refractivity contribution is 6.02. The Balaban J connectivity index is 1.18. The summed E-state index contributed by atoms with van der Waals surface area (Å²) in [4.78, 5) is 41.2. The van der Waals surface area contributed by atoms with Crippen molar-refractivity contribution in [3.63, 3.8) is 0 Å². The first-order valence-corrected chi connectivity index (χ1v) is 35.1. The largest absolute Gasteiger partial charge is 0.462 e. The number of hydrogen-bond acceptors (Lipinski definition) is 4. The minimum Gasteiger partial charge on any atom is -0.462 e. The number of hydrogen-bond donors (Lipinski definition) is 0. The van der Waals surface area contributed by atoms with Crippen molar-refractivity contribution in [1.82, 2.24) is 0 Å². The van der Waals surface area contributed by atoms with Crippen LogP contribution in [-0.2, 0) is 19.1 Å². The summed E-state index contributed by atoms with van der Waals surface area (Å²) in [7, 11) is 0. The van der Waals surface area contributed by atoms with E-state index in [9.17, 15) is 14.4 Å². The molecule has 0 amide bonds. The molecule has 446 valence electrons. The van der Waals surface area contributed by atoms with E-state index in [2.05, 4.69) is 66.7 Å². The zero-order valence-electron chi connectivity index (χ0n) is 52.6. The van der Waals surface area contributed by atoms with Crippen LogP contribution in [-0.4, -0.2) is 23.6 Å². The molecule has 0 spiro atoms. The molecule has 9 atom stereocenters.